The van der Waals surface area contributed by atoms with Crippen molar-refractivity contribution in [1.29, 1.82) is 0 Å². The Morgan fingerprint density at radius 3 is 2.80 bits per heavy atom. The Bertz CT molecular complexity index is 1140. The van der Waals surface area contributed by atoms with Gasteiger partial charge in [-0.05, 0) is 25.0 Å². The average molecular weight is 401 g/mol. The standard InChI is InChI=1S/C21H19N7O2/c29-21(17-10-4-5-11-22-17)27-12-6-9-16(13-27)28-14-18(24-26-28)20-23-19(25-30-20)15-7-2-1-3-8-15/h1-5,7-8,10-11,14,16H,6,9,12-13H2. The zero-order valence-electron chi connectivity index (χ0n) is 16.1. The van der Waals surface area contributed by atoms with Crippen LogP contribution in [0.2, 0.25) is 0 Å². The Morgan fingerprint density at radius 2 is 1.97 bits per heavy atom. The molecular formula is C21H19N7O2. The van der Waals surface area contributed by atoms with Crippen LogP contribution in [0.5, 0.6) is 0 Å². The van der Waals surface area contributed by atoms with Gasteiger partial charge in [-0.25, -0.2) is 4.68 Å². The first kappa shape index (κ1) is 18.2. The van der Waals surface area contributed by atoms with Crippen molar-refractivity contribution in [2.75, 3.05) is 13.1 Å². The third-order valence-electron chi connectivity index (χ3n) is 5.13. The first-order valence-electron chi connectivity index (χ1n) is 9.79. The lowest BCUT2D eigenvalue weighted by molar-refractivity contribution is 0.0666. The lowest BCUT2D eigenvalue weighted by Gasteiger charge is -2.32. The lowest BCUT2D eigenvalue weighted by atomic mass is 10.1. The van der Waals surface area contributed by atoms with Crippen molar-refractivity contribution in [3.05, 3.63) is 66.6 Å². The molecule has 30 heavy (non-hydrogen) atoms. The summed E-state index contributed by atoms with van der Waals surface area (Å²) in [5, 5.41) is 12.5. The molecule has 0 radical (unpaired) electrons. The van der Waals surface area contributed by atoms with Crippen LogP contribution in [0.25, 0.3) is 23.0 Å². The van der Waals surface area contributed by atoms with E-state index in [1.54, 1.807) is 29.2 Å². The molecule has 1 aliphatic heterocycles. The summed E-state index contributed by atoms with van der Waals surface area (Å²) in [6, 6.07) is 15.0. The molecule has 1 unspecified atom stereocenters. The minimum atomic E-state index is -0.0648. The number of benzene rings is 1. The summed E-state index contributed by atoms with van der Waals surface area (Å²) in [5.41, 5.74) is 1.84. The van der Waals surface area contributed by atoms with E-state index in [-0.39, 0.29) is 11.9 Å². The number of likely N-dealkylation sites (tertiary alicyclic amines) is 1. The van der Waals surface area contributed by atoms with Gasteiger partial charge in [-0.15, -0.1) is 5.10 Å². The summed E-state index contributed by atoms with van der Waals surface area (Å²) in [6.07, 6.45) is 5.22. The molecule has 4 heterocycles. The molecule has 1 aliphatic rings. The number of rotatable bonds is 4. The van der Waals surface area contributed by atoms with Crippen molar-refractivity contribution in [2.24, 2.45) is 0 Å². The van der Waals surface area contributed by atoms with Crippen LogP contribution >= 0.6 is 0 Å². The van der Waals surface area contributed by atoms with Gasteiger partial charge in [-0.1, -0.05) is 46.8 Å². The minimum Gasteiger partial charge on any atom is -0.335 e. The highest BCUT2D eigenvalue weighted by molar-refractivity contribution is 5.92. The summed E-state index contributed by atoms with van der Waals surface area (Å²) < 4.78 is 7.15. The number of hydrogen-bond donors (Lipinski definition) is 0. The Balaban J connectivity index is 1.32. The number of amides is 1. The van der Waals surface area contributed by atoms with Crippen molar-refractivity contribution in [1.82, 2.24) is 35.0 Å². The van der Waals surface area contributed by atoms with Crippen LogP contribution in [0.1, 0.15) is 29.4 Å². The van der Waals surface area contributed by atoms with Gasteiger partial charge in [0.25, 0.3) is 11.8 Å². The third kappa shape index (κ3) is 3.57. The number of piperidine rings is 1. The van der Waals surface area contributed by atoms with Gasteiger partial charge in [0, 0.05) is 24.8 Å². The number of carbonyl (C=O) groups excluding carboxylic acids is 1. The molecule has 9 heteroatoms. The van der Waals surface area contributed by atoms with Crippen LogP contribution in [0.15, 0.2) is 65.4 Å². The quantitative estimate of drug-likeness (QED) is 0.518. The maximum Gasteiger partial charge on any atom is 0.280 e. The molecule has 5 rings (SSSR count). The molecule has 4 aromatic rings. The highest BCUT2D eigenvalue weighted by Gasteiger charge is 2.27. The zero-order valence-corrected chi connectivity index (χ0v) is 16.1. The topological polar surface area (TPSA) is 103 Å². The van der Waals surface area contributed by atoms with E-state index in [1.165, 1.54) is 0 Å². The van der Waals surface area contributed by atoms with Gasteiger partial charge in [0.1, 0.15) is 5.69 Å². The molecule has 0 spiro atoms. The van der Waals surface area contributed by atoms with Gasteiger partial charge in [-0.2, -0.15) is 4.98 Å². The summed E-state index contributed by atoms with van der Waals surface area (Å²) in [5.74, 6) is 0.757. The number of nitrogens with zero attached hydrogens (tertiary/aromatic N) is 7. The predicted octanol–water partition coefficient (Wildman–Crippen LogP) is 2.87. The molecule has 0 bridgehead atoms. The second kappa shape index (κ2) is 7.86. The summed E-state index contributed by atoms with van der Waals surface area (Å²) in [7, 11) is 0. The van der Waals surface area contributed by atoms with Gasteiger partial charge < -0.3 is 9.42 Å². The van der Waals surface area contributed by atoms with Crippen molar-refractivity contribution >= 4 is 5.91 Å². The van der Waals surface area contributed by atoms with Crippen LogP contribution in [0.3, 0.4) is 0 Å². The first-order valence-corrected chi connectivity index (χ1v) is 9.79. The molecule has 0 saturated carbocycles. The van der Waals surface area contributed by atoms with Crippen LogP contribution in [0.4, 0.5) is 0 Å². The molecule has 1 aromatic carbocycles. The van der Waals surface area contributed by atoms with E-state index < -0.39 is 0 Å². The van der Waals surface area contributed by atoms with E-state index >= 15 is 0 Å². The number of carbonyl (C=O) groups is 1. The normalized spacial score (nSPS) is 16.5. The molecular weight excluding hydrogens is 382 g/mol. The van der Waals surface area contributed by atoms with Gasteiger partial charge in [-0.3, -0.25) is 9.78 Å². The summed E-state index contributed by atoms with van der Waals surface area (Å²) in [4.78, 5) is 23.1. The highest BCUT2D eigenvalue weighted by Crippen LogP contribution is 2.25. The molecule has 3 aromatic heterocycles. The molecule has 0 aliphatic carbocycles. The molecule has 1 saturated heterocycles. The Morgan fingerprint density at radius 1 is 1.10 bits per heavy atom. The monoisotopic (exact) mass is 401 g/mol. The lowest BCUT2D eigenvalue weighted by Crippen LogP contribution is -2.41. The molecule has 150 valence electrons. The van der Waals surface area contributed by atoms with Gasteiger partial charge in [0.05, 0.1) is 12.2 Å². The zero-order chi connectivity index (χ0) is 20.3. The van der Waals surface area contributed by atoms with Crippen molar-refractivity contribution in [3.8, 4) is 23.0 Å². The fourth-order valence-corrected chi connectivity index (χ4v) is 3.59. The smallest absolute Gasteiger partial charge is 0.280 e. The first-order chi connectivity index (χ1) is 14.8. The number of hydrogen-bond acceptors (Lipinski definition) is 7. The molecule has 0 N–H and O–H groups in total. The van der Waals surface area contributed by atoms with E-state index in [1.807, 2.05) is 41.3 Å². The van der Waals surface area contributed by atoms with E-state index in [4.69, 9.17) is 4.52 Å². The third-order valence-corrected chi connectivity index (χ3v) is 5.13. The summed E-state index contributed by atoms with van der Waals surface area (Å²) in [6.45, 7) is 1.26. The Kier molecular flexibility index (Phi) is 4.76. The second-order valence-corrected chi connectivity index (χ2v) is 7.14. The van der Waals surface area contributed by atoms with Crippen molar-refractivity contribution in [2.45, 2.75) is 18.9 Å². The number of aromatic nitrogens is 6. The van der Waals surface area contributed by atoms with E-state index in [0.29, 0.717) is 36.2 Å². The van der Waals surface area contributed by atoms with Gasteiger partial charge in [0.15, 0.2) is 5.69 Å². The van der Waals surface area contributed by atoms with Crippen LogP contribution in [-0.4, -0.2) is 54.0 Å². The van der Waals surface area contributed by atoms with Crippen LogP contribution < -0.4 is 0 Å². The summed E-state index contributed by atoms with van der Waals surface area (Å²) >= 11 is 0. The molecule has 9 nitrogen and oxygen atoms in total. The molecule has 1 fully saturated rings. The van der Waals surface area contributed by atoms with Crippen molar-refractivity contribution < 1.29 is 9.32 Å². The van der Waals surface area contributed by atoms with Gasteiger partial charge in [0.2, 0.25) is 5.82 Å². The van der Waals surface area contributed by atoms with Gasteiger partial charge >= 0.3 is 0 Å². The van der Waals surface area contributed by atoms with E-state index in [9.17, 15) is 4.79 Å². The highest BCUT2D eigenvalue weighted by atomic mass is 16.5. The predicted molar refractivity (Wildman–Crippen MR) is 107 cm³/mol. The average Bonchev–Trinajstić information content (AvgIpc) is 3.50. The minimum absolute atomic E-state index is 0.0316. The van der Waals surface area contributed by atoms with E-state index in [0.717, 1.165) is 18.4 Å². The molecule has 1 atom stereocenters. The second-order valence-electron chi connectivity index (χ2n) is 7.14. The van der Waals surface area contributed by atoms with Crippen LogP contribution in [0, 0.1) is 0 Å². The SMILES string of the molecule is O=C(c1ccccn1)N1CCCC(n2cc(-c3nc(-c4ccccc4)no3)nn2)C1. The largest absolute Gasteiger partial charge is 0.335 e. The Labute approximate surface area is 172 Å². The van der Waals surface area contributed by atoms with Crippen molar-refractivity contribution in [3.63, 3.8) is 0 Å². The maximum atomic E-state index is 12.7. The Hall–Kier alpha value is -3.88. The maximum absolute atomic E-state index is 12.7. The van der Waals surface area contributed by atoms with Crippen LogP contribution in [-0.2, 0) is 0 Å². The molecule has 1 amide bonds. The van der Waals surface area contributed by atoms with E-state index in [2.05, 4.69) is 25.4 Å². The fraction of sp³-hybridized carbons (Fsp3) is 0.238. The number of pyridine rings is 1. The fourth-order valence-electron chi connectivity index (χ4n) is 3.59.